The predicted octanol–water partition coefficient (Wildman–Crippen LogP) is 4.37. The van der Waals surface area contributed by atoms with Crippen molar-refractivity contribution in [3.8, 4) is 5.75 Å². The fourth-order valence-corrected chi connectivity index (χ4v) is 2.94. The largest absolute Gasteiger partial charge is 0.496 e. The van der Waals surface area contributed by atoms with E-state index in [1.807, 2.05) is 42.5 Å². The van der Waals surface area contributed by atoms with Crippen molar-refractivity contribution in [2.24, 2.45) is 5.10 Å². The number of nitrogens with zero attached hydrogens (tertiary/aromatic N) is 1. The van der Waals surface area contributed by atoms with E-state index in [0.717, 1.165) is 20.8 Å². The average Bonchev–Trinajstić information content (AvgIpc) is 2.61. The molecule has 0 atom stereocenters. The molecule has 24 heavy (non-hydrogen) atoms. The van der Waals surface area contributed by atoms with Crippen molar-refractivity contribution < 1.29 is 9.53 Å². The summed E-state index contributed by atoms with van der Waals surface area (Å²) in [5.41, 5.74) is 3.99. The number of hydrogen-bond acceptors (Lipinski definition) is 3. The van der Waals surface area contributed by atoms with E-state index in [1.54, 1.807) is 31.5 Å². The Morgan fingerprint density at radius 2 is 1.92 bits per heavy atom. The van der Waals surface area contributed by atoms with Crippen molar-refractivity contribution in [1.82, 2.24) is 5.43 Å². The Morgan fingerprint density at radius 1 is 1.12 bits per heavy atom. The van der Waals surface area contributed by atoms with Crippen LogP contribution in [0.3, 0.4) is 0 Å². The molecule has 3 rings (SSSR count). The number of amides is 1. The van der Waals surface area contributed by atoms with Crippen LogP contribution in [-0.4, -0.2) is 19.2 Å². The van der Waals surface area contributed by atoms with E-state index in [4.69, 9.17) is 4.74 Å². The van der Waals surface area contributed by atoms with Crippen molar-refractivity contribution in [3.63, 3.8) is 0 Å². The molecule has 4 nitrogen and oxygen atoms in total. The van der Waals surface area contributed by atoms with Crippen LogP contribution in [0.2, 0.25) is 0 Å². The molecule has 1 N–H and O–H groups in total. The summed E-state index contributed by atoms with van der Waals surface area (Å²) in [7, 11) is 1.58. The van der Waals surface area contributed by atoms with Crippen molar-refractivity contribution in [2.45, 2.75) is 0 Å². The third-order valence-electron chi connectivity index (χ3n) is 3.61. The molecule has 0 saturated heterocycles. The van der Waals surface area contributed by atoms with Gasteiger partial charge in [-0.3, -0.25) is 4.79 Å². The molecule has 3 aromatic rings. The number of hydrazone groups is 1. The van der Waals surface area contributed by atoms with Gasteiger partial charge in [-0.25, -0.2) is 5.43 Å². The number of fused-ring (bicyclic) bond motifs is 1. The maximum absolute atomic E-state index is 12.2. The van der Waals surface area contributed by atoms with Gasteiger partial charge >= 0.3 is 0 Å². The van der Waals surface area contributed by atoms with Gasteiger partial charge in [0.1, 0.15) is 5.75 Å². The highest BCUT2D eigenvalue weighted by Crippen LogP contribution is 2.25. The first-order valence-electron chi connectivity index (χ1n) is 7.34. The Morgan fingerprint density at radius 3 is 2.71 bits per heavy atom. The monoisotopic (exact) mass is 382 g/mol. The topological polar surface area (TPSA) is 50.7 Å². The minimum atomic E-state index is -0.283. The van der Waals surface area contributed by atoms with Gasteiger partial charge in [-0.1, -0.05) is 42.5 Å². The van der Waals surface area contributed by atoms with Gasteiger partial charge < -0.3 is 4.74 Å². The molecule has 0 unspecified atom stereocenters. The summed E-state index contributed by atoms with van der Waals surface area (Å²) >= 11 is 3.36. The molecule has 0 radical (unpaired) electrons. The van der Waals surface area contributed by atoms with Gasteiger partial charge in [0, 0.05) is 11.1 Å². The van der Waals surface area contributed by atoms with Gasteiger partial charge in [-0.15, -0.1) is 0 Å². The number of benzene rings is 3. The quantitative estimate of drug-likeness (QED) is 0.537. The number of hydrogen-bond donors (Lipinski definition) is 1. The number of carbonyl (C=O) groups is 1. The fourth-order valence-electron chi connectivity index (χ4n) is 2.40. The molecule has 3 aromatic carbocycles. The molecular weight excluding hydrogens is 368 g/mol. The van der Waals surface area contributed by atoms with E-state index in [9.17, 15) is 4.79 Å². The van der Waals surface area contributed by atoms with Crippen molar-refractivity contribution >= 4 is 38.8 Å². The minimum absolute atomic E-state index is 0.283. The fraction of sp³-hybridized carbons (Fsp3) is 0.0526. The Balaban J connectivity index is 1.76. The molecule has 0 aromatic heterocycles. The molecule has 0 spiro atoms. The van der Waals surface area contributed by atoms with Crippen LogP contribution in [-0.2, 0) is 0 Å². The molecule has 1 amide bonds. The summed E-state index contributed by atoms with van der Waals surface area (Å²) in [6.45, 7) is 0. The SMILES string of the molecule is COc1ccc(C(=O)NN=Cc2cccc3ccccc23)cc1Br. The molecule has 0 aliphatic rings. The molecule has 120 valence electrons. The molecule has 0 saturated carbocycles. The van der Waals surface area contributed by atoms with Crippen LogP contribution in [0.4, 0.5) is 0 Å². The Kier molecular flexibility index (Phi) is 4.91. The summed E-state index contributed by atoms with van der Waals surface area (Å²) < 4.78 is 5.87. The summed E-state index contributed by atoms with van der Waals surface area (Å²) in [5.74, 6) is 0.389. The zero-order valence-corrected chi connectivity index (χ0v) is 14.6. The second-order valence-corrected chi connectivity index (χ2v) is 5.97. The molecule has 0 fully saturated rings. The van der Waals surface area contributed by atoms with Gasteiger partial charge in [-0.05, 0) is 44.9 Å². The maximum atomic E-state index is 12.2. The smallest absolute Gasteiger partial charge is 0.271 e. The second kappa shape index (κ2) is 7.27. The van der Waals surface area contributed by atoms with Crippen LogP contribution in [0.5, 0.6) is 5.75 Å². The normalized spacial score (nSPS) is 10.9. The van der Waals surface area contributed by atoms with Gasteiger partial charge in [0.15, 0.2) is 0 Å². The number of nitrogens with one attached hydrogen (secondary N) is 1. The summed E-state index contributed by atoms with van der Waals surface area (Å²) in [4.78, 5) is 12.2. The molecule has 0 aliphatic carbocycles. The first-order valence-corrected chi connectivity index (χ1v) is 8.13. The Labute approximate surface area is 148 Å². The number of ether oxygens (including phenoxy) is 1. The standard InChI is InChI=1S/C19H15BrN2O2/c1-24-18-10-9-14(11-17(18)20)19(23)22-21-12-15-7-4-6-13-5-2-3-8-16(13)15/h2-12H,1H3,(H,22,23). The van der Waals surface area contributed by atoms with Crippen molar-refractivity contribution in [1.29, 1.82) is 0 Å². The summed E-state index contributed by atoms with van der Waals surface area (Å²) in [5, 5.41) is 6.29. The van der Waals surface area contributed by atoms with E-state index in [-0.39, 0.29) is 5.91 Å². The third-order valence-corrected chi connectivity index (χ3v) is 4.23. The van der Waals surface area contributed by atoms with Crippen LogP contribution in [0.1, 0.15) is 15.9 Å². The zero-order chi connectivity index (χ0) is 16.9. The van der Waals surface area contributed by atoms with Gasteiger partial charge in [0.05, 0.1) is 17.8 Å². The van der Waals surface area contributed by atoms with Crippen LogP contribution in [0.25, 0.3) is 10.8 Å². The van der Waals surface area contributed by atoms with E-state index >= 15 is 0 Å². The highest BCUT2D eigenvalue weighted by atomic mass is 79.9. The lowest BCUT2D eigenvalue weighted by Crippen LogP contribution is -2.17. The van der Waals surface area contributed by atoms with Crippen LogP contribution >= 0.6 is 15.9 Å². The Hall–Kier alpha value is -2.66. The Bertz CT molecular complexity index is 917. The van der Waals surface area contributed by atoms with E-state index in [0.29, 0.717) is 11.3 Å². The maximum Gasteiger partial charge on any atom is 0.271 e. The lowest BCUT2D eigenvalue weighted by molar-refractivity contribution is 0.0955. The summed E-state index contributed by atoms with van der Waals surface area (Å²) in [6.07, 6.45) is 1.65. The van der Waals surface area contributed by atoms with E-state index in [1.165, 1.54) is 0 Å². The van der Waals surface area contributed by atoms with Crippen LogP contribution in [0.15, 0.2) is 70.2 Å². The molecule has 0 bridgehead atoms. The molecule has 0 aliphatic heterocycles. The lowest BCUT2D eigenvalue weighted by atomic mass is 10.1. The van der Waals surface area contributed by atoms with Crippen molar-refractivity contribution in [2.75, 3.05) is 7.11 Å². The number of rotatable bonds is 4. The van der Waals surface area contributed by atoms with E-state index < -0.39 is 0 Å². The highest BCUT2D eigenvalue weighted by molar-refractivity contribution is 9.10. The zero-order valence-electron chi connectivity index (χ0n) is 13.0. The lowest BCUT2D eigenvalue weighted by Gasteiger charge is -2.05. The second-order valence-electron chi connectivity index (χ2n) is 5.12. The first-order chi connectivity index (χ1) is 11.7. The number of carbonyl (C=O) groups excluding carboxylic acids is 1. The average molecular weight is 383 g/mol. The minimum Gasteiger partial charge on any atom is -0.496 e. The third kappa shape index (κ3) is 3.46. The van der Waals surface area contributed by atoms with Crippen LogP contribution in [0, 0.1) is 0 Å². The van der Waals surface area contributed by atoms with Gasteiger partial charge in [0.2, 0.25) is 0 Å². The summed E-state index contributed by atoms with van der Waals surface area (Å²) in [6, 6.07) is 19.1. The number of halogens is 1. The molecule has 5 heteroatoms. The highest BCUT2D eigenvalue weighted by Gasteiger charge is 2.08. The molecular formula is C19H15BrN2O2. The molecule has 0 heterocycles. The predicted molar refractivity (Wildman–Crippen MR) is 99.7 cm³/mol. The van der Waals surface area contributed by atoms with Crippen molar-refractivity contribution in [3.05, 3.63) is 76.3 Å². The van der Waals surface area contributed by atoms with Gasteiger partial charge in [0.25, 0.3) is 5.91 Å². The van der Waals surface area contributed by atoms with Gasteiger partial charge in [-0.2, -0.15) is 5.10 Å². The first kappa shape index (κ1) is 16.2. The van der Waals surface area contributed by atoms with E-state index in [2.05, 4.69) is 26.5 Å². The van der Waals surface area contributed by atoms with Crippen LogP contribution < -0.4 is 10.2 Å². The number of methoxy groups -OCH3 is 1.